The first-order chi connectivity index (χ1) is 13.3. The van der Waals surface area contributed by atoms with Gasteiger partial charge in [0.1, 0.15) is 5.65 Å². The van der Waals surface area contributed by atoms with E-state index in [1.54, 1.807) is 24.1 Å². The smallest absolute Gasteiger partial charge is 0.252 e. The van der Waals surface area contributed by atoms with Crippen LogP contribution in [0.5, 0.6) is 0 Å². The van der Waals surface area contributed by atoms with Gasteiger partial charge in [0.25, 0.3) is 5.91 Å². The van der Waals surface area contributed by atoms with Gasteiger partial charge in [-0.1, -0.05) is 36.4 Å². The normalized spacial score (nSPS) is 12.0. The van der Waals surface area contributed by atoms with Crippen molar-refractivity contribution in [1.29, 1.82) is 0 Å². The van der Waals surface area contributed by atoms with Gasteiger partial charge in [-0.3, -0.25) is 15.0 Å². The number of rotatable bonds is 5. The van der Waals surface area contributed by atoms with Crippen molar-refractivity contribution < 1.29 is 10.0 Å². The lowest BCUT2D eigenvalue weighted by Gasteiger charge is -2.15. The summed E-state index contributed by atoms with van der Waals surface area (Å²) in [7, 11) is 0. The van der Waals surface area contributed by atoms with Crippen molar-refractivity contribution in [3.63, 3.8) is 0 Å². The molecule has 0 aliphatic carbocycles. The van der Waals surface area contributed by atoms with E-state index in [1.165, 1.54) is 0 Å². The van der Waals surface area contributed by atoms with Crippen molar-refractivity contribution in [3.05, 3.63) is 90.6 Å². The zero-order chi connectivity index (χ0) is 18.6. The first-order valence-corrected chi connectivity index (χ1v) is 8.62. The third-order valence-electron chi connectivity index (χ3n) is 4.60. The quantitative estimate of drug-likeness (QED) is 0.424. The second-order valence-corrected chi connectivity index (χ2v) is 6.26. The molecule has 0 saturated heterocycles. The second-order valence-electron chi connectivity index (χ2n) is 6.26. The third-order valence-corrected chi connectivity index (χ3v) is 4.60. The van der Waals surface area contributed by atoms with Crippen LogP contribution in [-0.2, 0) is 11.2 Å². The molecule has 0 radical (unpaired) electrons. The minimum atomic E-state index is -0.573. The van der Waals surface area contributed by atoms with Crippen LogP contribution in [0.25, 0.3) is 16.8 Å². The summed E-state index contributed by atoms with van der Waals surface area (Å²) in [5.41, 5.74) is 6.13. The lowest BCUT2D eigenvalue weighted by Crippen LogP contribution is -2.28. The highest BCUT2D eigenvalue weighted by molar-refractivity contribution is 5.84. The summed E-state index contributed by atoms with van der Waals surface area (Å²) in [4.78, 5) is 21.1. The van der Waals surface area contributed by atoms with Gasteiger partial charge in [0.15, 0.2) is 0 Å². The molecule has 0 aliphatic heterocycles. The Bertz CT molecular complexity index is 1060. The molecular formula is C21H18N4O2. The number of nitrogens with zero attached hydrogens (tertiary/aromatic N) is 3. The van der Waals surface area contributed by atoms with Gasteiger partial charge in [0.05, 0.1) is 17.8 Å². The monoisotopic (exact) mass is 358 g/mol. The molecule has 4 rings (SSSR count). The largest absolute Gasteiger partial charge is 0.303 e. The Morgan fingerprint density at radius 1 is 1.07 bits per heavy atom. The Kier molecular flexibility index (Phi) is 4.63. The van der Waals surface area contributed by atoms with Crippen LogP contribution in [0.3, 0.4) is 0 Å². The van der Waals surface area contributed by atoms with Crippen molar-refractivity contribution in [3.8, 4) is 11.1 Å². The molecule has 0 fully saturated rings. The highest BCUT2D eigenvalue weighted by atomic mass is 16.5. The molecule has 1 amide bonds. The van der Waals surface area contributed by atoms with Crippen LogP contribution in [0, 0.1) is 0 Å². The Morgan fingerprint density at radius 2 is 1.93 bits per heavy atom. The van der Waals surface area contributed by atoms with Crippen molar-refractivity contribution in [1.82, 2.24) is 19.8 Å². The highest BCUT2D eigenvalue weighted by Gasteiger charge is 2.25. The van der Waals surface area contributed by atoms with E-state index in [1.807, 2.05) is 65.2 Å². The first kappa shape index (κ1) is 16.9. The van der Waals surface area contributed by atoms with Crippen LogP contribution in [-0.4, -0.2) is 25.5 Å². The average molecular weight is 358 g/mol. The third kappa shape index (κ3) is 3.30. The summed E-state index contributed by atoms with van der Waals surface area (Å²) >= 11 is 0. The number of nitrogens with one attached hydrogen (secondary N) is 1. The van der Waals surface area contributed by atoms with Gasteiger partial charge < -0.3 is 4.40 Å². The number of carbonyl (C=O) groups is 1. The molecule has 2 N–H and O–H groups in total. The molecule has 1 atom stereocenters. The molecule has 3 heterocycles. The summed E-state index contributed by atoms with van der Waals surface area (Å²) in [5.74, 6) is -1.04. The predicted molar refractivity (Wildman–Crippen MR) is 101 cm³/mol. The van der Waals surface area contributed by atoms with E-state index in [4.69, 9.17) is 0 Å². The minimum absolute atomic E-state index is 0.456. The Hall–Kier alpha value is -3.51. The number of benzene rings is 1. The predicted octanol–water partition coefficient (Wildman–Crippen LogP) is 3.23. The molecule has 0 bridgehead atoms. The van der Waals surface area contributed by atoms with Gasteiger partial charge >= 0.3 is 0 Å². The van der Waals surface area contributed by atoms with E-state index in [0.717, 1.165) is 22.3 Å². The van der Waals surface area contributed by atoms with Gasteiger partial charge in [0.2, 0.25) is 0 Å². The number of pyridine rings is 2. The van der Waals surface area contributed by atoms with E-state index >= 15 is 0 Å². The Balaban J connectivity index is 1.80. The maximum atomic E-state index is 12.4. The Morgan fingerprint density at radius 3 is 2.67 bits per heavy atom. The van der Waals surface area contributed by atoms with Crippen LogP contribution >= 0.6 is 0 Å². The highest BCUT2D eigenvalue weighted by Crippen LogP contribution is 2.28. The van der Waals surface area contributed by atoms with Crippen LogP contribution in [0.2, 0.25) is 0 Å². The Labute approximate surface area is 156 Å². The molecular weight excluding hydrogens is 340 g/mol. The molecule has 6 heteroatoms. The number of hydroxylamine groups is 1. The summed E-state index contributed by atoms with van der Waals surface area (Å²) < 4.78 is 1.89. The summed E-state index contributed by atoms with van der Waals surface area (Å²) in [5, 5.41) is 9.25. The average Bonchev–Trinajstić information content (AvgIpc) is 3.17. The van der Waals surface area contributed by atoms with E-state index in [-0.39, 0.29) is 0 Å². The molecule has 3 aromatic heterocycles. The molecule has 4 aromatic rings. The van der Waals surface area contributed by atoms with Gasteiger partial charge in [0, 0.05) is 29.7 Å². The van der Waals surface area contributed by atoms with E-state index in [0.29, 0.717) is 12.1 Å². The number of carbonyl (C=O) groups excluding carboxylic acids is 1. The summed E-state index contributed by atoms with van der Waals surface area (Å²) in [6.07, 6.45) is 7.53. The van der Waals surface area contributed by atoms with Crippen molar-refractivity contribution in [2.45, 2.75) is 12.3 Å². The van der Waals surface area contributed by atoms with E-state index < -0.39 is 11.8 Å². The van der Waals surface area contributed by atoms with E-state index in [9.17, 15) is 10.0 Å². The standard InChI is InChI=1S/C21H18N4O2/c26-21(24-27)18(12-15-6-2-1-3-7-15)19-14-23-20-17(9-5-11-25(19)20)16-8-4-10-22-13-16/h1-11,13-14,18,27H,12H2,(H,24,26). The van der Waals surface area contributed by atoms with Gasteiger partial charge in [-0.2, -0.15) is 0 Å². The topological polar surface area (TPSA) is 79.5 Å². The fourth-order valence-corrected chi connectivity index (χ4v) is 3.29. The van der Waals surface area contributed by atoms with Crippen molar-refractivity contribution in [2.24, 2.45) is 0 Å². The number of amides is 1. The number of hydrogen-bond acceptors (Lipinski definition) is 4. The molecule has 27 heavy (non-hydrogen) atoms. The van der Waals surface area contributed by atoms with Crippen LogP contribution in [0.15, 0.2) is 79.4 Å². The van der Waals surface area contributed by atoms with Gasteiger partial charge in [-0.15, -0.1) is 0 Å². The number of aromatic nitrogens is 3. The number of hydrogen-bond donors (Lipinski definition) is 2. The fourth-order valence-electron chi connectivity index (χ4n) is 3.29. The number of fused-ring (bicyclic) bond motifs is 1. The van der Waals surface area contributed by atoms with Gasteiger partial charge in [-0.25, -0.2) is 10.5 Å². The minimum Gasteiger partial charge on any atom is -0.303 e. The molecule has 1 aromatic carbocycles. The molecule has 0 spiro atoms. The first-order valence-electron chi connectivity index (χ1n) is 8.62. The SMILES string of the molecule is O=C(NO)C(Cc1ccccc1)c1cnc2c(-c3cccnc3)cccn12. The molecule has 0 saturated carbocycles. The molecule has 6 nitrogen and oxygen atoms in total. The second kappa shape index (κ2) is 7.39. The van der Waals surface area contributed by atoms with Gasteiger partial charge in [-0.05, 0) is 30.2 Å². The van der Waals surface area contributed by atoms with Crippen LogP contribution < -0.4 is 5.48 Å². The zero-order valence-corrected chi connectivity index (χ0v) is 14.5. The molecule has 0 aliphatic rings. The van der Waals surface area contributed by atoms with Crippen molar-refractivity contribution in [2.75, 3.05) is 0 Å². The van der Waals surface area contributed by atoms with Crippen LogP contribution in [0.1, 0.15) is 17.2 Å². The maximum Gasteiger partial charge on any atom is 0.252 e. The summed E-state index contributed by atoms with van der Waals surface area (Å²) in [6.45, 7) is 0. The zero-order valence-electron chi connectivity index (χ0n) is 14.5. The summed E-state index contributed by atoms with van der Waals surface area (Å²) in [6, 6.07) is 17.4. The molecule has 134 valence electrons. The van der Waals surface area contributed by atoms with E-state index in [2.05, 4.69) is 9.97 Å². The van der Waals surface area contributed by atoms with Crippen molar-refractivity contribution >= 4 is 11.6 Å². The molecule has 1 unspecified atom stereocenters. The number of imidazole rings is 1. The lowest BCUT2D eigenvalue weighted by molar-refractivity contribution is -0.130. The lowest BCUT2D eigenvalue weighted by atomic mass is 9.96. The maximum absolute atomic E-state index is 12.4. The fraction of sp³-hybridized carbons (Fsp3) is 0.0952. The van der Waals surface area contributed by atoms with Crippen LogP contribution in [0.4, 0.5) is 0 Å².